The number of nitrogens with two attached hydrogens (primary N) is 2. The second-order valence-corrected chi connectivity index (χ2v) is 3.38. The van der Waals surface area contributed by atoms with Crippen molar-refractivity contribution in [3.05, 3.63) is 23.3 Å². The van der Waals surface area contributed by atoms with E-state index in [1.807, 2.05) is 0 Å². The average Bonchev–Trinajstić information content (AvgIpc) is 2.63. The summed E-state index contributed by atoms with van der Waals surface area (Å²) in [5.74, 6) is -1.22. The van der Waals surface area contributed by atoms with E-state index in [1.54, 1.807) is 0 Å². The number of primary amides is 2. The van der Waals surface area contributed by atoms with Gasteiger partial charge in [-0.1, -0.05) is 0 Å². The number of aromatic nitrogens is 2. The minimum absolute atomic E-state index is 0.240. The van der Waals surface area contributed by atoms with E-state index in [1.165, 1.54) is 12.1 Å². The number of carbonyl (C=O) groups is 2. The van der Waals surface area contributed by atoms with Crippen molar-refractivity contribution in [2.24, 2.45) is 11.5 Å². The Kier molecular flexibility index (Phi) is 2.09. The van der Waals surface area contributed by atoms with Crippen molar-refractivity contribution in [3.8, 4) is 0 Å². The van der Waals surface area contributed by atoms with Crippen LogP contribution in [0, 0.1) is 0 Å². The summed E-state index contributed by atoms with van der Waals surface area (Å²) in [4.78, 5) is 22.1. The Hall–Kier alpha value is -2.02. The maximum absolute atomic E-state index is 11.0. The molecule has 0 aliphatic rings. The van der Waals surface area contributed by atoms with E-state index in [0.717, 1.165) is 11.7 Å². The topological polar surface area (TPSA) is 112 Å². The molecule has 1 heterocycles. The molecule has 4 N–H and O–H groups in total. The van der Waals surface area contributed by atoms with Crippen LogP contribution in [-0.2, 0) is 0 Å². The van der Waals surface area contributed by atoms with E-state index in [2.05, 4.69) is 8.75 Å². The maximum atomic E-state index is 11.0. The van der Waals surface area contributed by atoms with Gasteiger partial charge < -0.3 is 11.5 Å². The number of fused-ring (bicyclic) bond motifs is 1. The summed E-state index contributed by atoms with van der Waals surface area (Å²) in [5, 5.41) is 0. The third-order valence-corrected chi connectivity index (χ3v) is 2.47. The maximum Gasteiger partial charge on any atom is 0.251 e. The second kappa shape index (κ2) is 3.28. The summed E-state index contributed by atoms with van der Waals surface area (Å²) in [7, 11) is 0. The SMILES string of the molecule is NC(=O)c1ccc(C(N)=O)c2nsnc12. The normalized spacial score (nSPS) is 10.4. The predicted octanol–water partition coefficient (Wildman–Crippen LogP) is -0.111. The summed E-state index contributed by atoms with van der Waals surface area (Å²) in [6, 6.07) is 2.85. The number of amides is 2. The molecule has 15 heavy (non-hydrogen) atoms. The first-order valence-corrected chi connectivity index (χ1v) is 4.69. The van der Waals surface area contributed by atoms with Gasteiger partial charge >= 0.3 is 0 Å². The summed E-state index contributed by atoms with van der Waals surface area (Å²) >= 11 is 0.900. The van der Waals surface area contributed by atoms with Crippen molar-refractivity contribution in [1.29, 1.82) is 0 Å². The number of nitrogens with zero attached hydrogens (tertiary/aromatic N) is 2. The molecule has 0 spiro atoms. The zero-order valence-electron chi connectivity index (χ0n) is 7.43. The smallest absolute Gasteiger partial charge is 0.251 e. The Morgan fingerprint density at radius 1 is 1.00 bits per heavy atom. The minimum atomic E-state index is -0.608. The van der Waals surface area contributed by atoms with Crippen molar-refractivity contribution >= 4 is 34.6 Å². The van der Waals surface area contributed by atoms with Crippen LogP contribution in [-0.4, -0.2) is 20.6 Å². The van der Waals surface area contributed by atoms with Gasteiger partial charge in [0.05, 0.1) is 22.9 Å². The van der Waals surface area contributed by atoms with Gasteiger partial charge in [-0.25, -0.2) is 0 Å². The predicted molar refractivity (Wildman–Crippen MR) is 54.5 cm³/mol. The van der Waals surface area contributed by atoms with Gasteiger partial charge in [0.1, 0.15) is 11.0 Å². The van der Waals surface area contributed by atoms with Gasteiger partial charge in [0.25, 0.3) is 11.8 Å². The number of rotatable bonds is 2. The highest BCUT2D eigenvalue weighted by molar-refractivity contribution is 7.00. The van der Waals surface area contributed by atoms with Crippen LogP contribution >= 0.6 is 11.7 Å². The highest BCUT2D eigenvalue weighted by Crippen LogP contribution is 2.20. The molecule has 2 rings (SSSR count). The molecule has 0 aliphatic heterocycles. The van der Waals surface area contributed by atoms with Crippen molar-refractivity contribution < 1.29 is 9.59 Å². The first-order chi connectivity index (χ1) is 7.11. The summed E-state index contributed by atoms with van der Waals surface area (Å²) in [6.07, 6.45) is 0. The molecule has 0 unspecified atom stereocenters. The van der Waals surface area contributed by atoms with Crippen LogP contribution in [0.2, 0.25) is 0 Å². The molecule has 0 bridgehead atoms. The Balaban J connectivity index is 2.82. The van der Waals surface area contributed by atoms with E-state index >= 15 is 0 Å². The molecule has 0 saturated carbocycles. The lowest BCUT2D eigenvalue weighted by molar-refractivity contribution is 0.0990. The highest BCUT2D eigenvalue weighted by atomic mass is 32.1. The van der Waals surface area contributed by atoms with Crippen LogP contribution in [0.1, 0.15) is 20.7 Å². The molecule has 6 nitrogen and oxygen atoms in total. The number of hydrogen-bond acceptors (Lipinski definition) is 5. The Morgan fingerprint density at radius 3 is 1.73 bits per heavy atom. The number of benzene rings is 1. The second-order valence-electron chi connectivity index (χ2n) is 2.85. The third kappa shape index (κ3) is 1.42. The molecule has 0 radical (unpaired) electrons. The van der Waals surface area contributed by atoms with E-state index in [4.69, 9.17) is 11.5 Å². The molecule has 0 fully saturated rings. The molecular weight excluding hydrogens is 216 g/mol. The van der Waals surface area contributed by atoms with Crippen molar-refractivity contribution in [2.45, 2.75) is 0 Å². The highest BCUT2D eigenvalue weighted by Gasteiger charge is 2.16. The molecule has 0 aliphatic carbocycles. The summed E-state index contributed by atoms with van der Waals surface area (Å²) < 4.78 is 7.81. The number of carbonyl (C=O) groups excluding carboxylic acids is 2. The van der Waals surface area contributed by atoms with Crippen LogP contribution in [0.3, 0.4) is 0 Å². The monoisotopic (exact) mass is 222 g/mol. The quantitative estimate of drug-likeness (QED) is 0.738. The third-order valence-electron chi connectivity index (χ3n) is 1.95. The van der Waals surface area contributed by atoms with Crippen molar-refractivity contribution in [3.63, 3.8) is 0 Å². The number of hydrogen-bond donors (Lipinski definition) is 2. The zero-order chi connectivity index (χ0) is 11.0. The van der Waals surface area contributed by atoms with Crippen molar-refractivity contribution in [2.75, 3.05) is 0 Å². The van der Waals surface area contributed by atoms with Crippen molar-refractivity contribution in [1.82, 2.24) is 8.75 Å². The average molecular weight is 222 g/mol. The van der Waals surface area contributed by atoms with E-state index in [9.17, 15) is 9.59 Å². The molecule has 0 saturated heterocycles. The first kappa shape index (κ1) is 9.53. The fourth-order valence-electron chi connectivity index (χ4n) is 1.26. The van der Waals surface area contributed by atoms with Gasteiger partial charge in [0.15, 0.2) is 0 Å². The molecule has 7 heteroatoms. The van der Waals surface area contributed by atoms with E-state index in [0.29, 0.717) is 11.0 Å². The van der Waals surface area contributed by atoms with E-state index in [-0.39, 0.29) is 11.1 Å². The van der Waals surface area contributed by atoms with Gasteiger partial charge in [0, 0.05) is 0 Å². The van der Waals surface area contributed by atoms with Crippen LogP contribution in [0.15, 0.2) is 12.1 Å². The lowest BCUT2D eigenvalue weighted by Crippen LogP contribution is -2.15. The molecular formula is C8H6N4O2S. The summed E-state index contributed by atoms with van der Waals surface area (Å²) in [5.41, 5.74) is 11.4. The lowest BCUT2D eigenvalue weighted by Gasteiger charge is -1.99. The largest absolute Gasteiger partial charge is 0.366 e. The van der Waals surface area contributed by atoms with Gasteiger partial charge in [-0.05, 0) is 12.1 Å². The minimum Gasteiger partial charge on any atom is -0.366 e. The molecule has 2 aromatic rings. The van der Waals surface area contributed by atoms with Crippen LogP contribution in [0.5, 0.6) is 0 Å². The Bertz CT molecular complexity index is 515. The molecule has 2 amide bonds. The zero-order valence-corrected chi connectivity index (χ0v) is 8.25. The van der Waals surface area contributed by atoms with Gasteiger partial charge in [-0.3, -0.25) is 9.59 Å². The Morgan fingerprint density at radius 2 is 1.40 bits per heavy atom. The molecule has 0 atom stereocenters. The summed E-state index contributed by atoms with van der Waals surface area (Å²) in [6.45, 7) is 0. The van der Waals surface area contributed by atoms with Gasteiger partial charge in [-0.2, -0.15) is 8.75 Å². The lowest BCUT2D eigenvalue weighted by atomic mass is 10.1. The molecule has 1 aromatic carbocycles. The van der Waals surface area contributed by atoms with Crippen LogP contribution < -0.4 is 11.5 Å². The van der Waals surface area contributed by atoms with E-state index < -0.39 is 11.8 Å². The first-order valence-electron chi connectivity index (χ1n) is 3.96. The van der Waals surface area contributed by atoms with Crippen LogP contribution in [0.25, 0.3) is 11.0 Å². The fraction of sp³-hybridized carbons (Fsp3) is 0. The van der Waals surface area contributed by atoms with Gasteiger partial charge in [-0.15, -0.1) is 0 Å². The molecule has 1 aromatic heterocycles. The van der Waals surface area contributed by atoms with Crippen LogP contribution in [0.4, 0.5) is 0 Å². The van der Waals surface area contributed by atoms with Gasteiger partial charge in [0.2, 0.25) is 0 Å². The Labute approximate surface area is 88.2 Å². The fourth-order valence-corrected chi connectivity index (χ4v) is 1.84. The molecule has 76 valence electrons. The standard InChI is InChI=1S/C8H6N4O2S/c9-7(13)3-1-2-4(8(10)14)6-5(3)11-15-12-6/h1-2H,(H2,9,13)(H2,10,14).